The number of hydrogen-bond donors (Lipinski definition) is 4. The average molecular weight is 561 g/mol. The van der Waals surface area contributed by atoms with E-state index in [9.17, 15) is 13.2 Å². The third kappa shape index (κ3) is 8.09. The number of sulfonamides is 1. The van der Waals surface area contributed by atoms with Crippen molar-refractivity contribution in [3.63, 3.8) is 0 Å². The Balaban J connectivity index is 1.35. The summed E-state index contributed by atoms with van der Waals surface area (Å²) in [4.78, 5) is 21.5. The number of likely N-dealkylation sites (N-methyl/N-ethyl adjacent to an activating group) is 1. The van der Waals surface area contributed by atoms with Gasteiger partial charge in [0.25, 0.3) is 0 Å². The number of carbonyl (C=O) groups is 1. The first-order valence-electron chi connectivity index (χ1n) is 12.8. The molecule has 10 nitrogen and oxygen atoms in total. The van der Waals surface area contributed by atoms with E-state index in [2.05, 4.69) is 30.6 Å². The van der Waals surface area contributed by atoms with Crippen LogP contribution in [-0.4, -0.2) is 51.0 Å². The highest BCUT2D eigenvalue weighted by molar-refractivity contribution is 7.89. The van der Waals surface area contributed by atoms with Crippen molar-refractivity contribution < 1.29 is 17.9 Å². The molecule has 208 valence electrons. The molecule has 0 aliphatic carbocycles. The van der Waals surface area contributed by atoms with Gasteiger partial charge in [-0.2, -0.15) is 0 Å². The molecule has 3 aromatic carbocycles. The van der Waals surface area contributed by atoms with Crippen LogP contribution in [0.5, 0.6) is 5.75 Å². The molecule has 0 atom stereocenters. The van der Waals surface area contributed by atoms with Gasteiger partial charge in [-0.25, -0.2) is 23.1 Å². The SMILES string of the molecule is CCNCCNS(=O)(=O)c1ccc(Nc2nccc(-c3ccc(NC(=O)Cc4ccc(OC)cc4)cc3)n2)cc1. The molecule has 40 heavy (non-hydrogen) atoms. The number of aromatic nitrogens is 2. The van der Waals surface area contributed by atoms with Crippen molar-refractivity contribution in [2.75, 3.05) is 37.4 Å². The molecule has 0 spiro atoms. The van der Waals surface area contributed by atoms with Gasteiger partial charge in [-0.05, 0) is 66.7 Å². The Morgan fingerprint density at radius 3 is 2.25 bits per heavy atom. The van der Waals surface area contributed by atoms with Gasteiger partial charge < -0.3 is 20.7 Å². The summed E-state index contributed by atoms with van der Waals surface area (Å²) in [6, 6.07) is 23.0. The Labute approximate surface area is 234 Å². The van der Waals surface area contributed by atoms with Gasteiger partial charge in [0.1, 0.15) is 5.75 Å². The van der Waals surface area contributed by atoms with Crippen LogP contribution in [0.2, 0.25) is 0 Å². The molecule has 11 heteroatoms. The van der Waals surface area contributed by atoms with Crippen LogP contribution in [0.4, 0.5) is 17.3 Å². The van der Waals surface area contributed by atoms with Crippen molar-refractivity contribution in [2.24, 2.45) is 0 Å². The van der Waals surface area contributed by atoms with Crippen LogP contribution < -0.4 is 25.4 Å². The third-order valence-corrected chi connectivity index (χ3v) is 7.39. The molecule has 1 heterocycles. The molecular weight excluding hydrogens is 528 g/mol. The Bertz CT molecular complexity index is 1510. The smallest absolute Gasteiger partial charge is 0.240 e. The Kier molecular flexibility index (Phi) is 9.79. The van der Waals surface area contributed by atoms with Gasteiger partial charge in [0, 0.05) is 36.2 Å². The van der Waals surface area contributed by atoms with Gasteiger partial charge in [0.05, 0.1) is 24.1 Å². The quantitative estimate of drug-likeness (QED) is 0.181. The number of rotatable bonds is 13. The van der Waals surface area contributed by atoms with Crippen molar-refractivity contribution in [2.45, 2.75) is 18.2 Å². The fraction of sp³-hybridized carbons (Fsp3) is 0.207. The van der Waals surface area contributed by atoms with Gasteiger partial charge in [-0.3, -0.25) is 4.79 Å². The van der Waals surface area contributed by atoms with Crippen molar-refractivity contribution >= 4 is 33.3 Å². The predicted octanol–water partition coefficient (Wildman–Crippen LogP) is 3.96. The van der Waals surface area contributed by atoms with E-state index in [1.54, 1.807) is 31.5 Å². The normalized spacial score (nSPS) is 11.2. The predicted molar refractivity (Wildman–Crippen MR) is 156 cm³/mol. The van der Waals surface area contributed by atoms with Crippen LogP contribution in [0.25, 0.3) is 11.3 Å². The van der Waals surface area contributed by atoms with E-state index >= 15 is 0 Å². The molecule has 0 unspecified atom stereocenters. The molecule has 1 amide bonds. The largest absolute Gasteiger partial charge is 0.497 e. The summed E-state index contributed by atoms with van der Waals surface area (Å²) in [6.07, 6.45) is 1.90. The van der Waals surface area contributed by atoms with E-state index in [0.717, 1.165) is 23.4 Å². The number of nitrogens with one attached hydrogen (secondary N) is 4. The lowest BCUT2D eigenvalue weighted by atomic mass is 10.1. The zero-order chi connectivity index (χ0) is 28.4. The topological polar surface area (TPSA) is 134 Å². The minimum Gasteiger partial charge on any atom is -0.497 e. The molecule has 0 saturated heterocycles. The van der Waals surface area contributed by atoms with E-state index < -0.39 is 10.0 Å². The lowest BCUT2D eigenvalue weighted by Crippen LogP contribution is -2.31. The fourth-order valence-corrected chi connectivity index (χ4v) is 4.85. The minimum absolute atomic E-state index is 0.116. The second kappa shape index (κ2) is 13.7. The summed E-state index contributed by atoms with van der Waals surface area (Å²) in [6.45, 7) is 3.61. The summed E-state index contributed by atoms with van der Waals surface area (Å²) in [5, 5.41) is 9.09. The van der Waals surface area contributed by atoms with Crippen molar-refractivity contribution in [3.8, 4) is 17.0 Å². The molecule has 1 aromatic heterocycles. The maximum Gasteiger partial charge on any atom is 0.240 e. The van der Waals surface area contributed by atoms with Gasteiger partial charge >= 0.3 is 0 Å². The number of carbonyl (C=O) groups excluding carboxylic acids is 1. The lowest BCUT2D eigenvalue weighted by Gasteiger charge is -2.10. The van der Waals surface area contributed by atoms with Gasteiger partial charge in [0.2, 0.25) is 21.9 Å². The number of methoxy groups -OCH3 is 1. The number of amides is 1. The number of benzene rings is 3. The molecule has 4 N–H and O–H groups in total. The summed E-state index contributed by atoms with van der Waals surface area (Å²) in [5.74, 6) is 0.999. The second-order valence-electron chi connectivity index (χ2n) is 8.82. The van der Waals surface area contributed by atoms with Gasteiger partial charge in [0.15, 0.2) is 0 Å². The molecule has 0 fully saturated rings. The summed E-state index contributed by atoms with van der Waals surface area (Å²) >= 11 is 0. The number of hydrogen-bond acceptors (Lipinski definition) is 8. The second-order valence-corrected chi connectivity index (χ2v) is 10.6. The molecule has 0 saturated carbocycles. The minimum atomic E-state index is -3.58. The van der Waals surface area contributed by atoms with E-state index in [4.69, 9.17) is 4.74 Å². The zero-order valence-electron chi connectivity index (χ0n) is 22.3. The molecule has 4 aromatic rings. The van der Waals surface area contributed by atoms with E-state index in [1.165, 1.54) is 12.1 Å². The average Bonchev–Trinajstić information content (AvgIpc) is 2.96. The molecule has 0 aliphatic heterocycles. The summed E-state index contributed by atoms with van der Waals surface area (Å²) in [5.41, 5.74) is 3.77. The first-order valence-corrected chi connectivity index (χ1v) is 14.3. The standard InChI is InChI=1S/C29H32N6O4S/c1-3-30-18-19-32-40(37,38)26-14-10-24(11-15-26)34-29-31-17-16-27(35-29)22-6-8-23(9-7-22)33-28(36)20-21-4-12-25(39-2)13-5-21/h4-17,30,32H,3,18-20H2,1-2H3,(H,33,36)(H,31,34,35). The Morgan fingerprint density at radius 2 is 1.57 bits per heavy atom. The fourth-order valence-electron chi connectivity index (χ4n) is 3.82. The monoisotopic (exact) mass is 560 g/mol. The zero-order valence-corrected chi connectivity index (χ0v) is 23.2. The van der Waals surface area contributed by atoms with Crippen LogP contribution in [0.15, 0.2) is 90.0 Å². The van der Waals surface area contributed by atoms with Crippen LogP contribution in [0, 0.1) is 0 Å². The van der Waals surface area contributed by atoms with Crippen LogP contribution in [0.1, 0.15) is 12.5 Å². The highest BCUT2D eigenvalue weighted by Gasteiger charge is 2.13. The van der Waals surface area contributed by atoms with Crippen molar-refractivity contribution in [1.82, 2.24) is 20.0 Å². The molecular formula is C29H32N6O4S. The Hall–Kier alpha value is -4.32. The number of nitrogens with zero attached hydrogens (tertiary/aromatic N) is 2. The van der Waals surface area contributed by atoms with Crippen LogP contribution in [-0.2, 0) is 21.2 Å². The van der Waals surface area contributed by atoms with Crippen LogP contribution in [0.3, 0.4) is 0 Å². The first-order chi connectivity index (χ1) is 19.4. The highest BCUT2D eigenvalue weighted by Crippen LogP contribution is 2.22. The molecule has 4 rings (SSSR count). The molecule has 0 radical (unpaired) electrons. The Morgan fingerprint density at radius 1 is 0.875 bits per heavy atom. The van der Waals surface area contributed by atoms with Gasteiger partial charge in [-0.1, -0.05) is 31.2 Å². The van der Waals surface area contributed by atoms with E-state index in [1.807, 2.05) is 55.5 Å². The maximum atomic E-state index is 12.4. The molecule has 0 aliphatic rings. The first kappa shape index (κ1) is 28.7. The third-order valence-electron chi connectivity index (χ3n) is 5.91. The van der Waals surface area contributed by atoms with E-state index in [-0.39, 0.29) is 17.2 Å². The summed E-state index contributed by atoms with van der Waals surface area (Å²) < 4.78 is 32.6. The highest BCUT2D eigenvalue weighted by atomic mass is 32.2. The lowest BCUT2D eigenvalue weighted by molar-refractivity contribution is -0.115. The van der Waals surface area contributed by atoms with E-state index in [0.29, 0.717) is 36.1 Å². The summed E-state index contributed by atoms with van der Waals surface area (Å²) in [7, 11) is -1.98. The van der Waals surface area contributed by atoms with Crippen LogP contribution >= 0.6 is 0 Å². The van der Waals surface area contributed by atoms with Crippen molar-refractivity contribution in [1.29, 1.82) is 0 Å². The van der Waals surface area contributed by atoms with Gasteiger partial charge in [-0.15, -0.1) is 0 Å². The number of ether oxygens (including phenoxy) is 1. The van der Waals surface area contributed by atoms with Crippen molar-refractivity contribution in [3.05, 3.63) is 90.6 Å². The number of anilines is 3. The maximum absolute atomic E-state index is 12.4. The molecule has 0 bridgehead atoms.